The van der Waals surface area contributed by atoms with Crippen LogP contribution in [0.5, 0.6) is 0 Å². The number of hydrogen-bond acceptors (Lipinski definition) is 2. The van der Waals surface area contributed by atoms with Gasteiger partial charge in [-0.05, 0) is 62.5 Å². The van der Waals surface area contributed by atoms with Crippen molar-refractivity contribution in [3.63, 3.8) is 0 Å². The third kappa shape index (κ3) is 2.88. The van der Waals surface area contributed by atoms with E-state index in [0.717, 1.165) is 16.5 Å². The van der Waals surface area contributed by atoms with Crippen molar-refractivity contribution < 1.29 is 0 Å². The van der Waals surface area contributed by atoms with Gasteiger partial charge in [0, 0.05) is 29.8 Å². The quantitative estimate of drug-likeness (QED) is 0.686. The molecule has 2 aromatic heterocycles. The monoisotopic (exact) mass is 362 g/mol. The molecule has 2 atom stereocenters. The van der Waals surface area contributed by atoms with Crippen LogP contribution in [-0.2, 0) is 0 Å². The molecule has 132 valence electrons. The standard InChI is InChI=1S/C21H22N4S/c1-15(2)24-14-8-12-18(24)20-19(17-11-6-7-13-22-17)23-21(26)25(20)16-9-4-3-5-10-16/h3-15,19-20H,1-2H3,(H,23,26)/t19-,20+/m1/s1. The molecule has 0 aliphatic carbocycles. The summed E-state index contributed by atoms with van der Waals surface area (Å²) in [6, 6.07) is 21.0. The lowest BCUT2D eigenvalue weighted by atomic mass is 10.0. The van der Waals surface area contributed by atoms with Crippen LogP contribution in [0.3, 0.4) is 0 Å². The number of nitrogens with one attached hydrogen (secondary N) is 1. The fraction of sp³-hybridized carbons (Fsp3) is 0.238. The molecule has 0 bridgehead atoms. The molecule has 0 spiro atoms. The molecule has 1 N–H and O–H groups in total. The second-order valence-electron chi connectivity index (χ2n) is 6.77. The van der Waals surface area contributed by atoms with Crippen molar-refractivity contribution in [3.05, 3.63) is 84.4 Å². The fourth-order valence-electron chi connectivity index (χ4n) is 3.65. The number of rotatable bonds is 4. The number of anilines is 1. The number of nitrogens with zero attached hydrogens (tertiary/aromatic N) is 3. The Kier molecular flexibility index (Phi) is 4.47. The molecule has 0 radical (unpaired) electrons. The van der Waals surface area contributed by atoms with Crippen LogP contribution >= 0.6 is 12.2 Å². The summed E-state index contributed by atoms with van der Waals surface area (Å²) in [5, 5.41) is 4.23. The maximum atomic E-state index is 5.74. The zero-order valence-electron chi connectivity index (χ0n) is 14.9. The maximum Gasteiger partial charge on any atom is 0.174 e. The summed E-state index contributed by atoms with van der Waals surface area (Å²) in [5.41, 5.74) is 3.31. The summed E-state index contributed by atoms with van der Waals surface area (Å²) >= 11 is 5.74. The Balaban J connectivity index is 1.86. The third-order valence-corrected chi connectivity index (χ3v) is 5.12. The first kappa shape index (κ1) is 16.8. The number of para-hydroxylation sites is 1. The van der Waals surface area contributed by atoms with E-state index in [-0.39, 0.29) is 12.1 Å². The zero-order chi connectivity index (χ0) is 18.1. The lowest BCUT2D eigenvalue weighted by Gasteiger charge is -2.29. The van der Waals surface area contributed by atoms with Gasteiger partial charge in [0.2, 0.25) is 0 Å². The minimum absolute atomic E-state index is 0.00342. The normalized spacial score (nSPS) is 19.8. The number of pyridine rings is 1. The highest BCUT2D eigenvalue weighted by Gasteiger charge is 2.42. The van der Waals surface area contributed by atoms with Crippen molar-refractivity contribution >= 4 is 23.0 Å². The van der Waals surface area contributed by atoms with Crippen molar-refractivity contribution in [1.82, 2.24) is 14.9 Å². The van der Waals surface area contributed by atoms with Crippen LogP contribution in [0.1, 0.15) is 43.4 Å². The van der Waals surface area contributed by atoms with Gasteiger partial charge in [-0.2, -0.15) is 0 Å². The van der Waals surface area contributed by atoms with Crippen molar-refractivity contribution in [3.8, 4) is 0 Å². The van der Waals surface area contributed by atoms with Crippen LogP contribution in [0.2, 0.25) is 0 Å². The molecule has 1 aliphatic heterocycles. The Morgan fingerprint density at radius 2 is 1.77 bits per heavy atom. The van der Waals surface area contributed by atoms with Gasteiger partial charge in [-0.1, -0.05) is 24.3 Å². The molecule has 1 aromatic carbocycles. The smallest absolute Gasteiger partial charge is 0.174 e. The van der Waals surface area contributed by atoms with Gasteiger partial charge in [0.25, 0.3) is 0 Å². The number of aromatic nitrogens is 2. The highest BCUT2D eigenvalue weighted by molar-refractivity contribution is 7.80. The summed E-state index contributed by atoms with van der Waals surface area (Å²) in [6.07, 6.45) is 3.98. The van der Waals surface area contributed by atoms with E-state index in [1.165, 1.54) is 5.69 Å². The van der Waals surface area contributed by atoms with Gasteiger partial charge < -0.3 is 14.8 Å². The van der Waals surface area contributed by atoms with Gasteiger partial charge in [-0.3, -0.25) is 4.98 Å². The number of thiocarbonyl (C=S) groups is 1. The molecule has 0 amide bonds. The van der Waals surface area contributed by atoms with Gasteiger partial charge in [-0.25, -0.2) is 0 Å². The average Bonchev–Trinajstić information content (AvgIpc) is 3.27. The molecule has 3 aromatic rings. The molecule has 26 heavy (non-hydrogen) atoms. The van der Waals surface area contributed by atoms with E-state index >= 15 is 0 Å². The Morgan fingerprint density at radius 1 is 1.00 bits per heavy atom. The predicted octanol–water partition coefficient (Wildman–Crippen LogP) is 4.64. The summed E-state index contributed by atoms with van der Waals surface area (Å²) in [6.45, 7) is 4.40. The van der Waals surface area contributed by atoms with Crippen LogP contribution in [0.15, 0.2) is 73.1 Å². The van der Waals surface area contributed by atoms with Crippen molar-refractivity contribution in [2.45, 2.75) is 32.0 Å². The predicted molar refractivity (Wildman–Crippen MR) is 109 cm³/mol. The van der Waals surface area contributed by atoms with Gasteiger partial charge in [-0.15, -0.1) is 0 Å². The van der Waals surface area contributed by atoms with E-state index in [9.17, 15) is 0 Å². The van der Waals surface area contributed by atoms with Crippen LogP contribution in [0.25, 0.3) is 0 Å². The Bertz CT molecular complexity index is 889. The van der Waals surface area contributed by atoms with Crippen LogP contribution in [-0.4, -0.2) is 14.7 Å². The van der Waals surface area contributed by atoms with Crippen LogP contribution in [0, 0.1) is 0 Å². The minimum atomic E-state index is -0.00342. The largest absolute Gasteiger partial charge is 0.351 e. The third-order valence-electron chi connectivity index (χ3n) is 4.80. The maximum absolute atomic E-state index is 5.74. The molecule has 4 nitrogen and oxygen atoms in total. The van der Waals surface area contributed by atoms with Gasteiger partial charge in [0.1, 0.15) is 6.04 Å². The molecule has 0 saturated carbocycles. The van der Waals surface area contributed by atoms with E-state index in [0.29, 0.717) is 6.04 Å². The van der Waals surface area contributed by atoms with E-state index in [1.54, 1.807) is 0 Å². The SMILES string of the molecule is CC(C)n1cccc1[C@H]1[C@@H](c2ccccn2)NC(=S)N1c1ccccc1. The van der Waals surface area contributed by atoms with Gasteiger partial charge in [0.15, 0.2) is 5.11 Å². The summed E-state index contributed by atoms with van der Waals surface area (Å²) in [4.78, 5) is 6.81. The second-order valence-corrected chi connectivity index (χ2v) is 7.15. The van der Waals surface area contributed by atoms with E-state index in [4.69, 9.17) is 12.2 Å². The molecular weight excluding hydrogens is 340 g/mol. The van der Waals surface area contributed by atoms with Crippen molar-refractivity contribution in [2.75, 3.05) is 4.90 Å². The molecule has 1 fully saturated rings. The topological polar surface area (TPSA) is 33.1 Å². The van der Waals surface area contributed by atoms with Crippen molar-refractivity contribution in [1.29, 1.82) is 0 Å². The van der Waals surface area contributed by atoms with Gasteiger partial charge >= 0.3 is 0 Å². The molecule has 0 unspecified atom stereocenters. The molecule has 5 heteroatoms. The highest BCUT2D eigenvalue weighted by atomic mass is 32.1. The number of hydrogen-bond donors (Lipinski definition) is 1. The first-order valence-corrected chi connectivity index (χ1v) is 9.30. The molecule has 1 saturated heterocycles. The van der Waals surface area contributed by atoms with Crippen molar-refractivity contribution in [2.24, 2.45) is 0 Å². The van der Waals surface area contributed by atoms with Crippen LogP contribution < -0.4 is 10.2 Å². The average molecular weight is 363 g/mol. The van der Waals surface area contributed by atoms with E-state index in [1.807, 2.05) is 36.5 Å². The van der Waals surface area contributed by atoms with E-state index in [2.05, 4.69) is 70.1 Å². The fourth-order valence-corrected chi connectivity index (χ4v) is 4.00. The van der Waals surface area contributed by atoms with E-state index < -0.39 is 0 Å². The second kappa shape index (κ2) is 6.92. The summed E-state index contributed by atoms with van der Waals surface area (Å²) < 4.78 is 2.31. The number of benzene rings is 1. The molecular formula is C21H22N4S. The lowest BCUT2D eigenvalue weighted by Crippen LogP contribution is -2.30. The Hall–Kier alpha value is -2.66. The first-order chi connectivity index (χ1) is 12.7. The van der Waals surface area contributed by atoms with Crippen LogP contribution in [0.4, 0.5) is 5.69 Å². The highest BCUT2D eigenvalue weighted by Crippen LogP contribution is 2.41. The summed E-state index contributed by atoms with van der Waals surface area (Å²) in [5.74, 6) is 0. The Morgan fingerprint density at radius 3 is 2.46 bits per heavy atom. The van der Waals surface area contributed by atoms with Gasteiger partial charge in [0.05, 0.1) is 11.7 Å². The lowest BCUT2D eigenvalue weighted by molar-refractivity contribution is 0.497. The molecule has 3 heterocycles. The Labute approximate surface area is 159 Å². The molecule has 1 aliphatic rings. The molecule has 4 rings (SSSR count). The summed E-state index contributed by atoms with van der Waals surface area (Å²) in [7, 11) is 0. The minimum Gasteiger partial charge on any atom is -0.351 e. The first-order valence-electron chi connectivity index (χ1n) is 8.89. The zero-order valence-corrected chi connectivity index (χ0v) is 15.7.